The van der Waals surface area contributed by atoms with Crippen molar-refractivity contribution in [3.05, 3.63) is 59.8 Å². The lowest BCUT2D eigenvalue weighted by atomic mass is 9.89. The largest absolute Gasteiger partial charge is 0.361 e. The fraction of sp³-hybridized carbons (Fsp3) is 0.381. The molecule has 0 atom stereocenters. The smallest absolute Gasteiger partial charge is 0.257 e. The van der Waals surface area contributed by atoms with Gasteiger partial charge < -0.3 is 9.88 Å². The highest BCUT2D eigenvalue weighted by molar-refractivity contribution is 5.95. The van der Waals surface area contributed by atoms with Crippen LogP contribution in [0, 0.1) is 0 Å². The number of carbonyl (C=O) groups is 1. The van der Waals surface area contributed by atoms with Gasteiger partial charge in [-0.2, -0.15) is 0 Å². The van der Waals surface area contributed by atoms with Crippen LogP contribution in [0.4, 0.5) is 0 Å². The molecule has 0 saturated carbocycles. The first-order valence-electron chi connectivity index (χ1n) is 9.30. The lowest BCUT2D eigenvalue weighted by Gasteiger charge is -2.32. The molecule has 1 fully saturated rings. The fourth-order valence-corrected chi connectivity index (χ4v) is 3.96. The van der Waals surface area contributed by atoms with E-state index in [1.807, 2.05) is 4.90 Å². The third-order valence-corrected chi connectivity index (χ3v) is 5.36. The number of carbonyl (C=O) groups excluding carboxylic acids is 1. The van der Waals surface area contributed by atoms with Crippen LogP contribution < -0.4 is 0 Å². The summed E-state index contributed by atoms with van der Waals surface area (Å²) < 4.78 is 0. The van der Waals surface area contributed by atoms with Gasteiger partial charge >= 0.3 is 0 Å². The van der Waals surface area contributed by atoms with Crippen LogP contribution in [0.3, 0.4) is 0 Å². The van der Waals surface area contributed by atoms with E-state index in [0.717, 1.165) is 31.6 Å². The summed E-state index contributed by atoms with van der Waals surface area (Å²) in [5.74, 6) is 0.763. The average Bonchev–Trinajstić information content (AvgIpc) is 3.11. The minimum atomic E-state index is 0.0617. The number of H-pyrrole nitrogens is 1. The third-order valence-electron chi connectivity index (χ3n) is 5.36. The Morgan fingerprint density at radius 3 is 2.77 bits per heavy atom. The maximum absolute atomic E-state index is 13.0. The van der Waals surface area contributed by atoms with Gasteiger partial charge in [-0.3, -0.25) is 4.79 Å². The van der Waals surface area contributed by atoms with Gasteiger partial charge in [-0.1, -0.05) is 32.0 Å². The third kappa shape index (κ3) is 2.98. The first-order valence-corrected chi connectivity index (χ1v) is 9.30. The van der Waals surface area contributed by atoms with E-state index in [2.05, 4.69) is 59.3 Å². The monoisotopic (exact) mass is 348 g/mol. The van der Waals surface area contributed by atoms with E-state index in [4.69, 9.17) is 0 Å². The Balaban J connectivity index is 1.49. The Morgan fingerprint density at radius 2 is 2.00 bits per heavy atom. The molecule has 1 saturated heterocycles. The molecule has 1 aliphatic heterocycles. The van der Waals surface area contributed by atoms with Crippen molar-refractivity contribution in [2.75, 3.05) is 13.1 Å². The summed E-state index contributed by atoms with van der Waals surface area (Å²) in [6, 6.07) is 8.43. The number of aromatic amines is 1. The molecule has 0 unspecified atom stereocenters. The molecular weight excluding hydrogens is 324 g/mol. The maximum Gasteiger partial charge on any atom is 0.257 e. The number of hydrogen-bond donors (Lipinski definition) is 1. The molecule has 134 valence electrons. The number of hydrogen-bond acceptors (Lipinski definition) is 3. The number of piperidine rings is 1. The van der Waals surface area contributed by atoms with E-state index in [9.17, 15) is 4.79 Å². The van der Waals surface area contributed by atoms with Gasteiger partial charge in [0, 0.05) is 36.4 Å². The quantitative estimate of drug-likeness (QED) is 0.775. The molecule has 1 aromatic carbocycles. The van der Waals surface area contributed by atoms with E-state index >= 15 is 0 Å². The highest BCUT2D eigenvalue weighted by Crippen LogP contribution is 2.33. The summed E-state index contributed by atoms with van der Waals surface area (Å²) in [4.78, 5) is 26.7. The molecule has 4 rings (SSSR count). The fourth-order valence-electron chi connectivity index (χ4n) is 3.96. The number of aromatic nitrogens is 3. The van der Waals surface area contributed by atoms with Gasteiger partial charge in [-0.05, 0) is 36.3 Å². The van der Waals surface area contributed by atoms with Crippen molar-refractivity contribution < 1.29 is 4.79 Å². The van der Waals surface area contributed by atoms with Crippen molar-refractivity contribution >= 4 is 16.8 Å². The molecule has 0 spiro atoms. The van der Waals surface area contributed by atoms with Crippen molar-refractivity contribution in [3.63, 3.8) is 0 Å². The normalized spacial score (nSPS) is 15.7. The van der Waals surface area contributed by atoms with E-state index in [-0.39, 0.29) is 11.8 Å². The van der Waals surface area contributed by atoms with Crippen LogP contribution in [0.25, 0.3) is 10.9 Å². The molecule has 0 bridgehead atoms. The Labute approximate surface area is 153 Å². The molecule has 1 amide bonds. The average molecular weight is 348 g/mol. The molecular formula is C21H24N4O. The molecule has 2 aromatic heterocycles. The molecule has 26 heavy (non-hydrogen) atoms. The number of likely N-dealkylation sites (tertiary alicyclic amines) is 1. The van der Waals surface area contributed by atoms with Gasteiger partial charge in [0.25, 0.3) is 5.91 Å². The molecule has 5 nitrogen and oxygen atoms in total. The number of rotatable bonds is 3. The Morgan fingerprint density at radius 1 is 1.23 bits per heavy atom. The van der Waals surface area contributed by atoms with E-state index in [1.54, 1.807) is 6.20 Å². The summed E-state index contributed by atoms with van der Waals surface area (Å²) >= 11 is 0. The molecule has 3 aromatic rings. The second-order valence-electron chi connectivity index (χ2n) is 7.33. The highest BCUT2D eigenvalue weighted by atomic mass is 16.2. The van der Waals surface area contributed by atoms with Gasteiger partial charge in [0.1, 0.15) is 6.33 Å². The zero-order chi connectivity index (χ0) is 18.1. The summed E-state index contributed by atoms with van der Waals surface area (Å²) in [7, 11) is 0. The van der Waals surface area contributed by atoms with Gasteiger partial charge in [-0.15, -0.1) is 0 Å². The van der Waals surface area contributed by atoms with Crippen LogP contribution in [0.1, 0.15) is 60.1 Å². The predicted molar refractivity (Wildman–Crippen MR) is 102 cm³/mol. The Hall–Kier alpha value is -2.69. The molecule has 1 aliphatic rings. The maximum atomic E-state index is 13.0. The number of amides is 1. The number of para-hydroxylation sites is 1. The zero-order valence-electron chi connectivity index (χ0n) is 15.3. The number of fused-ring (bicyclic) bond motifs is 1. The summed E-state index contributed by atoms with van der Waals surface area (Å²) in [6.45, 7) is 5.66. The SMILES string of the molecule is CC(C)c1ncncc1C(=O)N1CCC(c2c[nH]c3ccccc23)CC1. The van der Waals surface area contributed by atoms with Crippen molar-refractivity contribution in [1.82, 2.24) is 19.9 Å². The number of nitrogens with zero attached hydrogens (tertiary/aromatic N) is 3. The van der Waals surface area contributed by atoms with Crippen molar-refractivity contribution in [2.45, 2.75) is 38.5 Å². The topological polar surface area (TPSA) is 61.9 Å². The highest BCUT2D eigenvalue weighted by Gasteiger charge is 2.27. The zero-order valence-corrected chi connectivity index (χ0v) is 15.3. The lowest BCUT2D eigenvalue weighted by Crippen LogP contribution is -2.38. The summed E-state index contributed by atoms with van der Waals surface area (Å²) in [6.07, 6.45) is 7.29. The minimum Gasteiger partial charge on any atom is -0.361 e. The number of nitrogens with one attached hydrogen (secondary N) is 1. The number of benzene rings is 1. The van der Waals surface area contributed by atoms with E-state index in [0.29, 0.717) is 11.5 Å². The van der Waals surface area contributed by atoms with Crippen LogP contribution in [-0.2, 0) is 0 Å². The van der Waals surface area contributed by atoms with Gasteiger partial charge in [0.15, 0.2) is 0 Å². The minimum absolute atomic E-state index is 0.0617. The van der Waals surface area contributed by atoms with Crippen molar-refractivity contribution in [1.29, 1.82) is 0 Å². The standard InChI is InChI=1S/C21H24N4O/c1-14(2)20-18(11-22-13-24-20)21(26)25-9-7-15(8-10-25)17-12-23-19-6-4-3-5-16(17)19/h3-6,11-15,23H,7-10H2,1-2H3. The molecule has 0 radical (unpaired) electrons. The lowest BCUT2D eigenvalue weighted by molar-refractivity contribution is 0.0710. The first kappa shape index (κ1) is 16.8. The van der Waals surface area contributed by atoms with Gasteiger partial charge in [0.05, 0.1) is 11.3 Å². The summed E-state index contributed by atoms with van der Waals surface area (Å²) in [5, 5.41) is 1.30. The molecule has 0 aliphatic carbocycles. The second kappa shape index (κ2) is 6.90. The van der Waals surface area contributed by atoms with E-state index in [1.165, 1.54) is 22.8 Å². The van der Waals surface area contributed by atoms with Crippen LogP contribution in [-0.4, -0.2) is 38.8 Å². The second-order valence-corrected chi connectivity index (χ2v) is 7.33. The van der Waals surface area contributed by atoms with Crippen molar-refractivity contribution in [2.24, 2.45) is 0 Å². The predicted octanol–water partition coefficient (Wildman–Crippen LogP) is 4.10. The van der Waals surface area contributed by atoms with E-state index < -0.39 is 0 Å². The van der Waals surface area contributed by atoms with Gasteiger partial charge in [-0.25, -0.2) is 9.97 Å². The molecule has 1 N–H and O–H groups in total. The van der Waals surface area contributed by atoms with Crippen LogP contribution in [0.2, 0.25) is 0 Å². The van der Waals surface area contributed by atoms with Crippen molar-refractivity contribution in [3.8, 4) is 0 Å². The summed E-state index contributed by atoms with van der Waals surface area (Å²) in [5.41, 5.74) is 4.04. The Kier molecular flexibility index (Phi) is 4.45. The van der Waals surface area contributed by atoms with Gasteiger partial charge in [0.2, 0.25) is 0 Å². The Bertz CT molecular complexity index is 922. The van der Waals surface area contributed by atoms with Crippen LogP contribution in [0.5, 0.6) is 0 Å². The first-order chi connectivity index (χ1) is 12.6. The molecule has 3 heterocycles. The van der Waals surface area contributed by atoms with Crippen LogP contribution in [0.15, 0.2) is 43.0 Å². The van der Waals surface area contributed by atoms with Crippen LogP contribution >= 0.6 is 0 Å². The molecule has 5 heteroatoms.